The summed E-state index contributed by atoms with van der Waals surface area (Å²) in [4.78, 5) is 30.6. The molecule has 0 atom stereocenters. The highest BCUT2D eigenvalue weighted by Crippen LogP contribution is 2.39. The molecular weight excluding hydrogens is 484 g/mol. The number of carbonyl (C=O) groups is 2. The average Bonchev–Trinajstić information content (AvgIpc) is 3.04. The first-order valence-electron chi connectivity index (χ1n) is 9.51. The summed E-state index contributed by atoms with van der Waals surface area (Å²) in [6.45, 7) is 4.74. The summed E-state index contributed by atoms with van der Waals surface area (Å²) in [5, 5.41) is 9.57. The molecule has 0 radical (unpaired) electrons. The number of methoxy groups -OCH3 is 1. The van der Waals surface area contributed by atoms with Gasteiger partial charge in [-0.3, -0.25) is 9.69 Å². The summed E-state index contributed by atoms with van der Waals surface area (Å²) < 4.78 is 11.8. The van der Waals surface area contributed by atoms with E-state index in [0.717, 1.165) is 10.0 Å². The monoisotopic (exact) mass is 504 g/mol. The van der Waals surface area contributed by atoms with Crippen molar-refractivity contribution in [3.8, 4) is 11.5 Å². The van der Waals surface area contributed by atoms with Crippen molar-refractivity contribution in [2.45, 2.75) is 13.8 Å². The molecule has 7 nitrogen and oxygen atoms in total. The fourth-order valence-electron chi connectivity index (χ4n) is 2.92. The Morgan fingerprint density at radius 3 is 2.55 bits per heavy atom. The SMILES string of the molecule is CCOc1c(Br)cc(/C=C2\SC(=Nc3ccc(C(=O)O)cc3)N(CC)C2=O)cc1OC. The van der Waals surface area contributed by atoms with E-state index < -0.39 is 5.97 Å². The van der Waals surface area contributed by atoms with Crippen molar-refractivity contribution in [2.24, 2.45) is 4.99 Å². The second-order valence-corrected chi connectivity index (χ2v) is 8.24. The Balaban J connectivity index is 1.93. The molecule has 1 amide bonds. The van der Waals surface area contributed by atoms with Gasteiger partial charge in [-0.25, -0.2) is 9.79 Å². The number of amidine groups is 1. The number of carboxylic acids is 1. The molecule has 1 fully saturated rings. The molecule has 0 unspecified atom stereocenters. The molecule has 1 aliphatic heterocycles. The molecule has 1 N–H and O–H groups in total. The molecule has 1 aliphatic rings. The number of ether oxygens (including phenoxy) is 2. The lowest BCUT2D eigenvalue weighted by Crippen LogP contribution is -2.28. The van der Waals surface area contributed by atoms with Crippen LogP contribution in [-0.2, 0) is 4.79 Å². The number of hydrogen-bond acceptors (Lipinski definition) is 6. The summed E-state index contributed by atoms with van der Waals surface area (Å²) in [6, 6.07) is 9.88. The smallest absolute Gasteiger partial charge is 0.335 e. The molecule has 1 saturated heterocycles. The lowest BCUT2D eigenvalue weighted by molar-refractivity contribution is -0.122. The van der Waals surface area contributed by atoms with Crippen LogP contribution in [0.25, 0.3) is 6.08 Å². The van der Waals surface area contributed by atoms with E-state index in [1.165, 1.54) is 23.9 Å². The molecular formula is C22H21BrN2O5S. The van der Waals surface area contributed by atoms with Gasteiger partial charge in [0.1, 0.15) is 0 Å². The summed E-state index contributed by atoms with van der Waals surface area (Å²) in [6.07, 6.45) is 1.79. The quantitative estimate of drug-likeness (QED) is 0.522. The first-order valence-corrected chi connectivity index (χ1v) is 11.1. The first kappa shape index (κ1) is 22.9. The van der Waals surface area contributed by atoms with Crippen LogP contribution in [0.5, 0.6) is 11.5 Å². The number of thioether (sulfide) groups is 1. The number of carboxylic acid groups (broad SMARTS) is 1. The van der Waals surface area contributed by atoms with E-state index in [-0.39, 0.29) is 11.5 Å². The summed E-state index contributed by atoms with van der Waals surface area (Å²) >= 11 is 4.77. The van der Waals surface area contributed by atoms with Gasteiger partial charge in [0.2, 0.25) is 0 Å². The van der Waals surface area contributed by atoms with Crippen molar-refractivity contribution in [1.82, 2.24) is 4.90 Å². The van der Waals surface area contributed by atoms with Gasteiger partial charge in [0.15, 0.2) is 16.7 Å². The maximum absolute atomic E-state index is 12.9. The number of aliphatic imine (C=N–C) groups is 1. The number of nitrogens with zero attached hydrogens (tertiary/aromatic N) is 2. The van der Waals surface area contributed by atoms with Crippen LogP contribution in [0, 0.1) is 0 Å². The van der Waals surface area contributed by atoms with Crippen LogP contribution < -0.4 is 9.47 Å². The van der Waals surface area contributed by atoms with Crippen molar-refractivity contribution in [2.75, 3.05) is 20.3 Å². The Bertz CT molecular complexity index is 1070. The molecule has 1 heterocycles. The minimum atomic E-state index is -0.998. The largest absolute Gasteiger partial charge is 0.493 e. The number of hydrogen-bond donors (Lipinski definition) is 1. The highest BCUT2D eigenvalue weighted by Gasteiger charge is 2.32. The van der Waals surface area contributed by atoms with E-state index in [1.807, 2.05) is 26.0 Å². The summed E-state index contributed by atoms with van der Waals surface area (Å²) in [5.74, 6) is 0.0393. The number of amides is 1. The Morgan fingerprint density at radius 1 is 1.26 bits per heavy atom. The van der Waals surface area contributed by atoms with E-state index >= 15 is 0 Å². The minimum Gasteiger partial charge on any atom is -0.493 e. The third kappa shape index (κ3) is 5.11. The maximum atomic E-state index is 12.9. The number of halogens is 1. The van der Waals surface area contributed by atoms with Crippen LogP contribution in [0.15, 0.2) is 50.8 Å². The fraction of sp³-hybridized carbons (Fsp3) is 0.227. The zero-order chi connectivity index (χ0) is 22.5. The first-order chi connectivity index (χ1) is 14.9. The number of benzene rings is 2. The number of rotatable bonds is 7. The minimum absolute atomic E-state index is 0.141. The van der Waals surface area contributed by atoms with Crippen LogP contribution in [-0.4, -0.2) is 47.3 Å². The van der Waals surface area contributed by atoms with Gasteiger partial charge in [-0.15, -0.1) is 0 Å². The molecule has 0 saturated carbocycles. The zero-order valence-electron chi connectivity index (χ0n) is 17.2. The maximum Gasteiger partial charge on any atom is 0.335 e. The van der Waals surface area contributed by atoms with Crippen LogP contribution >= 0.6 is 27.7 Å². The van der Waals surface area contributed by atoms with Gasteiger partial charge in [0.25, 0.3) is 5.91 Å². The Labute approximate surface area is 192 Å². The highest BCUT2D eigenvalue weighted by atomic mass is 79.9. The molecule has 3 rings (SSSR count). The molecule has 9 heteroatoms. The van der Waals surface area contributed by atoms with E-state index in [9.17, 15) is 9.59 Å². The van der Waals surface area contributed by atoms with Crippen molar-refractivity contribution in [3.05, 3.63) is 56.9 Å². The van der Waals surface area contributed by atoms with Gasteiger partial charge in [-0.05, 0) is 89.6 Å². The van der Waals surface area contributed by atoms with Crippen molar-refractivity contribution in [1.29, 1.82) is 0 Å². The highest BCUT2D eigenvalue weighted by molar-refractivity contribution is 9.10. The average molecular weight is 505 g/mol. The molecule has 2 aromatic rings. The van der Waals surface area contributed by atoms with Gasteiger partial charge in [0.05, 0.1) is 34.3 Å². The predicted octanol–water partition coefficient (Wildman–Crippen LogP) is 5.18. The summed E-state index contributed by atoms with van der Waals surface area (Å²) in [5.41, 5.74) is 1.54. The van der Waals surface area contributed by atoms with Gasteiger partial charge < -0.3 is 14.6 Å². The number of aromatic carboxylic acids is 1. The van der Waals surface area contributed by atoms with Crippen molar-refractivity contribution < 1.29 is 24.2 Å². The predicted molar refractivity (Wildman–Crippen MR) is 125 cm³/mol. The van der Waals surface area contributed by atoms with Crippen molar-refractivity contribution in [3.63, 3.8) is 0 Å². The van der Waals surface area contributed by atoms with Gasteiger partial charge in [0, 0.05) is 6.54 Å². The second-order valence-electron chi connectivity index (χ2n) is 6.37. The molecule has 0 aromatic heterocycles. The Hall–Kier alpha value is -2.78. The molecule has 2 aromatic carbocycles. The molecule has 0 spiro atoms. The van der Waals surface area contributed by atoms with Crippen molar-refractivity contribution >= 4 is 56.5 Å². The molecule has 0 aliphatic carbocycles. The van der Waals surface area contributed by atoms with E-state index in [2.05, 4.69) is 20.9 Å². The van der Waals surface area contributed by atoms with E-state index in [4.69, 9.17) is 14.6 Å². The molecule has 31 heavy (non-hydrogen) atoms. The Morgan fingerprint density at radius 2 is 1.97 bits per heavy atom. The second kappa shape index (κ2) is 10.0. The third-order valence-electron chi connectivity index (χ3n) is 4.38. The van der Waals surface area contributed by atoms with Gasteiger partial charge in [-0.1, -0.05) is 0 Å². The third-order valence-corrected chi connectivity index (χ3v) is 5.98. The molecule has 162 valence electrons. The number of carbonyl (C=O) groups excluding carboxylic acids is 1. The lowest BCUT2D eigenvalue weighted by Gasteiger charge is -2.12. The molecule has 0 bridgehead atoms. The zero-order valence-corrected chi connectivity index (χ0v) is 19.6. The van der Waals surface area contributed by atoms with Crippen LogP contribution in [0.3, 0.4) is 0 Å². The van der Waals surface area contributed by atoms with Crippen LogP contribution in [0.1, 0.15) is 29.8 Å². The van der Waals surface area contributed by atoms with Gasteiger partial charge >= 0.3 is 5.97 Å². The number of likely N-dealkylation sites (N-methyl/N-ethyl adjacent to an activating group) is 1. The van der Waals surface area contributed by atoms with Gasteiger partial charge in [-0.2, -0.15) is 0 Å². The Kier molecular flexibility index (Phi) is 7.40. The van der Waals surface area contributed by atoms with E-state index in [0.29, 0.717) is 40.4 Å². The van der Waals surface area contributed by atoms with E-state index in [1.54, 1.807) is 30.2 Å². The van der Waals surface area contributed by atoms with Crippen LogP contribution in [0.2, 0.25) is 0 Å². The normalized spacial score (nSPS) is 16.3. The van der Waals surface area contributed by atoms with Crippen LogP contribution in [0.4, 0.5) is 5.69 Å². The topological polar surface area (TPSA) is 88.4 Å². The lowest BCUT2D eigenvalue weighted by atomic mass is 10.2. The fourth-order valence-corrected chi connectivity index (χ4v) is 4.55. The summed E-state index contributed by atoms with van der Waals surface area (Å²) in [7, 11) is 1.57. The standard InChI is InChI=1S/C22H21BrN2O5S/c1-4-25-20(26)18(12-13-10-16(23)19(30-5-2)17(11-13)29-3)31-22(25)24-15-8-6-14(7-9-15)21(27)28/h6-12H,4-5H2,1-3H3,(H,27,28)/b18-12-,24-22?.